The summed E-state index contributed by atoms with van der Waals surface area (Å²) in [6.45, 7) is 0. The Morgan fingerprint density at radius 1 is 1.12 bits per heavy atom. The number of halogens is 2. The van der Waals surface area contributed by atoms with Gasteiger partial charge in [-0.05, 0) is 30.3 Å². The van der Waals surface area contributed by atoms with Crippen molar-refractivity contribution >= 4 is 57.9 Å². The van der Waals surface area contributed by atoms with Crippen LogP contribution in [0.2, 0.25) is 10.0 Å². The van der Waals surface area contributed by atoms with E-state index in [1.165, 1.54) is 23.1 Å². The maximum Gasteiger partial charge on any atom is 0.234 e. The number of anilines is 1. The van der Waals surface area contributed by atoms with Crippen LogP contribution < -0.4 is 5.32 Å². The molecule has 0 fully saturated rings. The van der Waals surface area contributed by atoms with E-state index in [-0.39, 0.29) is 5.91 Å². The zero-order chi connectivity index (χ0) is 16.9. The molecule has 3 rings (SSSR count). The molecule has 0 aliphatic carbocycles. The van der Waals surface area contributed by atoms with Gasteiger partial charge in [-0.2, -0.15) is 0 Å². The molecule has 0 bridgehead atoms. The van der Waals surface area contributed by atoms with E-state index in [2.05, 4.69) is 10.3 Å². The van der Waals surface area contributed by atoms with Crippen LogP contribution in [0.15, 0.2) is 58.3 Å². The van der Waals surface area contributed by atoms with E-state index < -0.39 is 0 Å². The van der Waals surface area contributed by atoms with Crippen molar-refractivity contribution in [2.24, 2.45) is 0 Å². The predicted molar refractivity (Wildman–Crippen MR) is 103 cm³/mol. The largest absolute Gasteiger partial charge is 0.325 e. The summed E-state index contributed by atoms with van der Waals surface area (Å²) in [4.78, 5) is 16.5. The van der Waals surface area contributed by atoms with Crippen molar-refractivity contribution in [3.05, 3.63) is 64.0 Å². The molecule has 3 aromatic rings. The Hall–Kier alpha value is -1.53. The number of aromatic nitrogens is 1. The van der Waals surface area contributed by atoms with E-state index in [4.69, 9.17) is 23.2 Å². The molecule has 122 valence electrons. The highest BCUT2D eigenvalue weighted by Gasteiger charge is 2.08. The fourth-order valence-electron chi connectivity index (χ4n) is 1.97. The lowest BCUT2D eigenvalue weighted by Crippen LogP contribution is -2.13. The second-order valence-electron chi connectivity index (χ2n) is 4.85. The van der Waals surface area contributed by atoms with Gasteiger partial charge in [-0.15, -0.1) is 11.3 Å². The molecule has 0 aliphatic heterocycles. The van der Waals surface area contributed by atoms with Crippen molar-refractivity contribution in [1.82, 2.24) is 4.98 Å². The van der Waals surface area contributed by atoms with Crippen LogP contribution in [-0.2, 0) is 4.79 Å². The Bertz CT molecular complexity index is 850. The number of nitrogens with one attached hydrogen (secondary N) is 1. The quantitative estimate of drug-likeness (QED) is 0.551. The standard InChI is InChI=1S/C17H12Cl2N2OS2/c18-12-6-4-11(5-7-12)15-9-23-17(21-15)24-10-16(22)20-14-3-1-2-13(19)8-14/h1-9H,10H2,(H,20,22). The SMILES string of the molecule is O=C(CSc1nc(-c2ccc(Cl)cc2)cs1)Nc1cccc(Cl)c1. The third-order valence-electron chi connectivity index (χ3n) is 3.06. The summed E-state index contributed by atoms with van der Waals surface area (Å²) >= 11 is 14.7. The van der Waals surface area contributed by atoms with Crippen molar-refractivity contribution in [1.29, 1.82) is 0 Å². The van der Waals surface area contributed by atoms with Gasteiger partial charge in [-0.25, -0.2) is 4.98 Å². The minimum Gasteiger partial charge on any atom is -0.325 e. The molecule has 2 aromatic carbocycles. The predicted octanol–water partition coefficient (Wildman–Crippen LogP) is 5.85. The molecule has 1 heterocycles. The number of rotatable bonds is 5. The smallest absolute Gasteiger partial charge is 0.234 e. The molecular weight excluding hydrogens is 383 g/mol. The third kappa shape index (κ3) is 4.74. The van der Waals surface area contributed by atoms with E-state index in [0.717, 1.165) is 15.6 Å². The summed E-state index contributed by atoms with van der Waals surface area (Å²) in [7, 11) is 0. The number of amides is 1. The number of carbonyl (C=O) groups excluding carboxylic acids is 1. The lowest BCUT2D eigenvalue weighted by molar-refractivity contribution is -0.113. The molecule has 3 nitrogen and oxygen atoms in total. The lowest BCUT2D eigenvalue weighted by Gasteiger charge is -2.04. The number of hydrogen-bond donors (Lipinski definition) is 1. The molecule has 1 N–H and O–H groups in total. The van der Waals surface area contributed by atoms with Crippen LogP contribution >= 0.6 is 46.3 Å². The number of hydrogen-bond acceptors (Lipinski definition) is 4. The first-order valence-electron chi connectivity index (χ1n) is 7.00. The Morgan fingerprint density at radius 3 is 2.67 bits per heavy atom. The second-order valence-corrected chi connectivity index (χ2v) is 7.81. The zero-order valence-corrected chi connectivity index (χ0v) is 15.5. The van der Waals surface area contributed by atoms with Crippen LogP contribution in [0.4, 0.5) is 5.69 Å². The molecule has 0 aliphatic rings. The maximum atomic E-state index is 12.0. The summed E-state index contributed by atoms with van der Waals surface area (Å²) in [6.07, 6.45) is 0. The summed E-state index contributed by atoms with van der Waals surface area (Å²) in [5.74, 6) is 0.200. The van der Waals surface area contributed by atoms with Gasteiger partial charge in [0.15, 0.2) is 4.34 Å². The highest BCUT2D eigenvalue weighted by Crippen LogP contribution is 2.29. The van der Waals surface area contributed by atoms with Gasteiger partial charge >= 0.3 is 0 Å². The topological polar surface area (TPSA) is 42.0 Å². The monoisotopic (exact) mass is 394 g/mol. The minimum absolute atomic E-state index is 0.0921. The summed E-state index contributed by atoms with van der Waals surface area (Å²) in [6, 6.07) is 14.6. The average molecular weight is 395 g/mol. The molecule has 7 heteroatoms. The summed E-state index contributed by atoms with van der Waals surface area (Å²) in [5, 5.41) is 6.07. The molecule has 0 saturated heterocycles. The fourth-order valence-corrected chi connectivity index (χ4v) is 3.92. The van der Waals surface area contributed by atoms with Crippen LogP contribution in [0.1, 0.15) is 0 Å². The van der Waals surface area contributed by atoms with Gasteiger partial charge in [0.1, 0.15) is 0 Å². The molecule has 24 heavy (non-hydrogen) atoms. The first-order valence-corrected chi connectivity index (χ1v) is 9.62. The first-order chi connectivity index (χ1) is 11.6. The van der Waals surface area contributed by atoms with E-state index >= 15 is 0 Å². The van der Waals surface area contributed by atoms with Gasteiger partial charge in [-0.3, -0.25) is 4.79 Å². The number of thioether (sulfide) groups is 1. The van der Waals surface area contributed by atoms with Gasteiger partial charge in [-0.1, -0.05) is 53.2 Å². The van der Waals surface area contributed by atoms with Crippen molar-refractivity contribution in [3.63, 3.8) is 0 Å². The molecule has 1 aromatic heterocycles. The number of thiazole rings is 1. The van der Waals surface area contributed by atoms with Crippen molar-refractivity contribution in [3.8, 4) is 11.3 Å². The van der Waals surface area contributed by atoms with Gasteiger partial charge in [0, 0.05) is 26.7 Å². The summed E-state index contributed by atoms with van der Waals surface area (Å²) < 4.78 is 0.848. The average Bonchev–Trinajstić information content (AvgIpc) is 3.03. The minimum atomic E-state index is -0.0921. The number of nitrogens with zero attached hydrogens (tertiary/aromatic N) is 1. The van der Waals surface area contributed by atoms with E-state index in [0.29, 0.717) is 21.5 Å². The second kappa shape index (κ2) is 8.03. The van der Waals surface area contributed by atoms with Crippen molar-refractivity contribution in [2.45, 2.75) is 4.34 Å². The number of carbonyl (C=O) groups is 1. The van der Waals surface area contributed by atoms with Crippen LogP contribution in [0.3, 0.4) is 0 Å². The molecule has 0 atom stereocenters. The molecule has 0 unspecified atom stereocenters. The van der Waals surface area contributed by atoms with Crippen LogP contribution in [0.5, 0.6) is 0 Å². The number of benzene rings is 2. The molecular formula is C17H12Cl2N2OS2. The van der Waals surface area contributed by atoms with Crippen LogP contribution in [0.25, 0.3) is 11.3 Å². The fraction of sp³-hybridized carbons (Fsp3) is 0.0588. The highest BCUT2D eigenvalue weighted by molar-refractivity contribution is 8.01. The molecule has 0 radical (unpaired) electrons. The highest BCUT2D eigenvalue weighted by atomic mass is 35.5. The summed E-state index contributed by atoms with van der Waals surface area (Å²) in [5.41, 5.74) is 2.58. The Labute approximate surface area is 158 Å². The van der Waals surface area contributed by atoms with Crippen LogP contribution in [0, 0.1) is 0 Å². The van der Waals surface area contributed by atoms with E-state index in [1.54, 1.807) is 24.3 Å². The molecule has 0 saturated carbocycles. The Balaban J connectivity index is 1.57. The van der Waals surface area contributed by atoms with E-state index in [9.17, 15) is 4.79 Å². The Morgan fingerprint density at radius 2 is 1.92 bits per heavy atom. The Kier molecular flexibility index (Phi) is 5.79. The lowest BCUT2D eigenvalue weighted by atomic mass is 10.2. The maximum absolute atomic E-state index is 12.0. The zero-order valence-electron chi connectivity index (χ0n) is 12.3. The van der Waals surface area contributed by atoms with E-state index in [1.807, 2.05) is 29.6 Å². The van der Waals surface area contributed by atoms with Crippen LogP contribution in [-0.4, -0.2) is 16.6 Å². The molecule has 0 spiro atoms. The third-order valence-corrected chi connectivity index (χ3v) is 5.57. The van der Waals surface area contributed by atoms with Crippen molar-refractivity contribution in [2.75, 3.05) is 11.1 Å². The first kappa shape index (κ1) is 17.3. The van der Waals surface area contributed by atoms with Crippen molar-refractivity contribution < 1.29 is 4.79 Å². The normalized spacial score (nSPS) is 10.6. The van der Waals surface area contributed by atoms with Gasteiger partial charge in [0.05, 0.1) is 11.4 Å². The van der Waals surface area contributed by atoms with Gasteiger partial charge < -0.3 is 5.32 Å². The van der Waals surface area contributed by atoms with Gasteiger partial charge in [0.25, 0.3) is 0 Å². The molecule has 1 amide bonds. The van der Waals surface area contributed by atoms with Gasteiger partial charge in [0.2, 0.25) is 5.91 Å².